The number of ether oxygens (including phenoxy) is 1. The molecule has 0 saturated heterocycles. The van der Waals surface area contributed by atoms with Gasteiger partial charge in [-0.15, -0.1) is 0 Å². The number of hydrogen-bond donors (Lipinski definition) is 4. The van der Waals surface area contributed by atoms with Gasteiger partial charge in [0, 0.05) is 33.4 Å². The molecule has 0 bridgehead atoms. The van der Waals surface area contributed by atoms with Crippen LogP contribution in [0.4, 0.5) is 20.6 Å². The minimum absolute atomic E-state index is 0.0437. The highest BCUT2D eigenvalue weighted by molar-refractivity contribution is 6.35. The number of hydrogen-bond acceptors (Lipinski definition) is 4. The smallest absolute Gasteiger partial charge is 0.326 e. The number of aliphatic carboxylic acids is 1. The Morgan fingerprint density at radius 2 is 1.97 bits per heavy atom. The maximum atomic E-state index is 12.5. The van der Waals surface area contributed by atoms with E-state index < -0.39 is 30.8 Å². The van der Waals surface area contributed by atoms with Crippen LogP contribution in [0, 0.1) is 0 Å². The molecule has 2 unspecified atom stereocenters. The second-order valence-corrected chi connectivity index (χ2v) is 7.18. The molecule has 1 aliphatic rings. The Morgan fingerprint density at radius 1 is 1.24 bits per heavy atom. The Kier molecular flexibility index (Phi) is 6.66. The van der Waals surface area contributed by atoms with Crippen LogP contribution in [0.1, 0.15) is 18.0 Å². The summed E-state index contributed by atoms with van der Waals surface area (Å²) in [5, 5.41) is 18.4. The van der Waals surface area contributed by atoms with E-state index in [1.807, 2.05) is 0 Å². The van der Waals surface area contributed by atoms with E-state index in [0.29, 0.717) is 32.7 Å². The quantitative estimate of drug-likeness (QED) is 0.530. The van der Waals surface area contributed by atoms with E-state index in [1.165, 1.54) is 6.07 Å². The van der Waals surface area contributed by atoms with Crippen LogP contribution in [0.5, 0.6) is 5.75 Å². The summed E-state index contributed by atoms with van der Waals surface area (Å²) < 4.78 is 17.3. The van der Waals surface area contributed by atoms with Gasteiger partial charge in [-0.1, -0.05) is 23.2 Å². The number of alkyl halides is 1. The van der Waals surface area contributed by atoms with Crippen molar-refractivity contribution in [2.24, 2.45) is 0 Å². The second-order valence-electron chi connectivity index (χ2n) is 6.33. The lowest BCUT2D eigenvalue weighted by molar-refractivity contribution is -0.138. The molecule has 3 rings (SSSR count). The predicted molar refractivity (Wildman–Crippen MR) is 109 cm³/mol. The van der Waals surface area contributed by atoms with Crippen molar-refractivity contribution >= 4 is 46.6 Å². The van der Waals surface area contributed by atoms with Crippen LogP contribution in [0.15, 0.2) is 36.4 Å². The summed E-state index contributed by atoms with van der Waals surface area (Å²) in [6.07, 6.45) is 0.104. The number of rotatable bonds is 6. The summed E-state index contributed by atoms with van der Waals surface area (Å²) in [7, 11) is 0. The molecule has 0 aliphatic carbocycles. The highest BCUT2D eigenvalue weighted by atomic mass is 35.5. The molecular formula is C19H18Cl2FN3O4. The van der Waals surface area contributed by atoms with Gasteiger partial charge in [0.2, 0.25) is 0 Å². The summed E-state index contributed by atoms with van der Waals surface area (Å²) in [5.74, 6) is -0.573. The largest absolute Gasteiger partial charge is 0.491 e. The standard InChI is InChI=1S/C19H18Cl2FN3O4/c20-10-7-13(21)17-14(8-10)24-16(18(26)27)9-15(17)25-19(28)23-11-1-3-12(4-2-11)29-6-5-22/h1-4,7-8,15-16,24H,5-6,9H2,(H,26,27)(H2,23,25,28)/i22-1. The third-order valence-corrected chi connectivity index (χ3v) is 4.84. The molecule has 2 aromatic rings. The van der Waals surface area contributed by atoms with E-state index in [0.717, 1.165) is 0 Å². The summed E-state index contributed by atoms with van der Waals surface area (Å²) in [6, 6.07) is 7.45. The fourth-order valence-corrected chi connectivity index (χ4v) is 3.69. The maximum absolute atomic E-state index is 12.5. The van der Waals surface area contributed by atoms with E-state index in [4.69, 9.17) is 27.9 Å². The molecule has 0 fully saturated rings. The molecule has 4 N–H and O–H groups in total. The first-order chi connectivity index (χ1) is 13.9. The number of carbonyl (C=O) groups is 2. The highest BCUT2D eigenvalue weighted by Crippen LogP contribution is 2.39. The lowest BCUT2D eigenvalue weighted by Gasteiger charge is -2.32. The lowest BCUT2D eigenvalue weighted by Crippen LogP contribution is -2.42. The number of fused-ring (bicyclic) bond motifs is 1. The van der Waals surface area contributed by atoms with Gasteiger partial charge in [0.1, 0.15) is 25.1 Å². The number of carboxylic acid groups (broad SMARTS) is 1. The van der Waals surface area contributed by atoms with Crippen molar-refractivity contribution in [3.05, 3.63) is 52.0 Å². The zero-order chi connectivity index (χ0) is 21.0. The molecule has 0 saturated carbocycles. The molecular weight excluding hydrogens is 423 g/mol. The van der Waals surface area contributed by atoms with Crippen molar-refractivity contribution in [3.8, 4) is 5.75 Å². The third kappa shape index (κ3) is 5.21. The van der Waals surface area contributed by atoms with Crippen molar-refractivity contribution in [3.63, 3.8) is 0 Å². The van der Waals surface area contributed by atoms with Crippen LogP contribution in [0.25, 0.3) is 0 Å². The highest BCUT2D eigenvalue weighted by Gasteiger charge is 2.33. The number of carboxylic acids is 1. The summed E-state index contributed by atoms with van der Waals surface area (Å²) in [5.41, 5.74) is 1.51. The monoisotopic (exact) mass is 440 g/mol. The number of urea groups is 1. The van der Waals surface area contributed by atoms with E-state index >= 15 is 0 Å². The fraction of sp³-hybridized carbons (Fsp3) is 0.263. The van der Waals surface area contributed by atoms with Crippen molar-refractivity contribution in [1.29, 1.82) is 0 Å². The normalized spacial score (nSPS) is 17.6. The van der Waals surface area contributed by atoms with Crippen molar-refractivity contribution in [1.82, 2.24) is 5.32 Å². The van der Waals surface area contributed by atoms with E-state index in [-0.39, 0.29) is 13.0 Å². The molecule has 154 valence electrons. The number of carbonyl (C=O) groups excluding carboxylic acids is 1. The van der Waals surface area contributed by atoms with E-state index in [9.17, 15) is 19.1 Å². The van der Waals surface area contributed by atoms with Gasteiger partial charge in [-0.25, -0.2) is 14.0 Å². The van der Waals surface area contributed by atoms with Crippen LogP contribution < -0.4 is 20.7 Å². The average Bonchev–Trinajstić information content (AvgIpc) is 2.66. The maximum Gasteiger partial charge on any atom is 0.326 e. The first-order valence-electron chi connectivity index (χ1n) is 8.72. The molecule has 10 heteroatoms. The minimum Gasteiger partial charge on any atom is -0.491 e. The Balaban J connectivity index is 1.73. The SMILES string of the molecule is O=C(Nc1ccc(OCC[18F])cc1)NC1CC(C(=O)O)Nc2cc(Cl)cc(Cl)c21. The van der Waals surface area contributed by atoms with Gasteiger partial charge < -0.3 is 25.8 Å². The molecule has 1 heterocycles. The molecule has 0 aromatic heterocycles. The molecule has 2 amide bonds. The zero-order valence-electron chi connectivity index (χ0n) is 15.0. The van der Waals surface area contributed by atoms with Gasteiger partial charge in [0.15, 0.2) is 0 Å². The number of amides is 2. The molecule has 7 nitrogen and oxygen atoms in total. The van der Waals surface area contributed by atoms with Crippen LogP contribution >= 0.6 is 23.2 Å². The Morgan fingerprint density at radius 3 is 2.62 bits per heavy atom. The molecule has 1 aliphatic heterocycles. The zero-order valence-corrected chi connectivity index (χ0v) is 16.6. The first-order valence-corrected chi connectivity index (χ1v) is 9.47. The second kappa shape index (κ2) is 9.19. The summed E-state index contributed by atoms with van der Waals surface area (Å²) in [4.78, 5) is 23.9. The predicted octanol–water partition coefficient (Wildman–Crippen LogP) is 4.47. The van der Waals surface area contributed by atoms with E-state index in [2.05, 4.69) is 16.0 Å². The van der Waals surface area contributed by atoms with Gasteiger partial charge >= 0.3 is 12.0 Å². The Bertz CT molecular complexity index is 911. The molecule has 0 spiro atoms. The number of nitrogens with one attached hydrogen (secondary N) is 3. The molecule has 2 atom stereocenters. The van der Waals surface area contributed by atoms with Gasteiger partial charge in [-0.2, -0.15) is 0 Å². The molecule has 29 heavy (non-hydrogen) atoms. The van der Waals surface area contributed by atoms with Gasteiger partial charge in [-0.05, 0) is 36.4 Å². The summed E-state index contributed by atoms with van der Waals surface area (Å²) >= 11 is 12.3. The lowest BCUT2D eigenvalue weighted by atomic mass is 9.93. The van der Waals surface area contributed by atoms with Gasteiger partial charge in [-0.3, -0.25) is 0 Å². The van der Waals surface area contributed by atoms with Crippen LogP contribution in [-0.4, -0.2) is 36.4 Å². The van der Waals surface area contributed by atoms with E-state index in [1.54, 1.807) is 30.3 Å². The third-order valence-electron chi connectivity index (χ3n) is 4.31. The van der Waals surface area contributed by atoms with Crippen molar-refractivity contribution in [2.75, 3.05) is 23.9 Å². The van der Waals surface area contributed by atoms with Crippen LogP contribution in [0.2, 0.25) is 10.0 Å². The van der Waals surface area contributed by atoms with Gasteiger partial charge in [0.05, 0.1) is 6.04 Å². The van der Waals surface area contributed by atoms with Gasteiger partial charge in [0.25, 0.3) is 0 Å². The van der Waals surface area contributed by atoms with Crippen molar-refractivity contribution in [2.45, 2.75) is 18.5 Å². The number of anilines is 2. The van der Waals surface area contributed by atoms with Crippen molar-refractivity contribution < 1.29 is 23.8 Å². The average molecular weight is 441 g/mol. The summed E-state index contributed by atoms with van der Waals surface area (Å²) in [6.45, 7) is -0.636. The molecule has 0 radical (unpaired) electrons. The molecule has 2 aromatic carbocycles. The van der Waals surface area contributed by atoms with Crippen LogP contribution in [-0.2, 0) is 4.79 Å². The fourth-order valence-electron chi connectivity index (χ4n) is 3.07. The Hall–Kier alpha value is -2.71. The first kappa shape index (κ1) is 21.0. The van der Waals surface area contributed by atoms with Crippen LogP contribution in [0.3, 0.4) is 0 Å². The minimum atomic E-state index is -1.05. The topological polar surface area (TPSA) is 99.7 Å². The number of halogens is 3. The number of benzene rings is 2. The Labute approximate surface area is 176 Å².